The van der Waals surface area contributed by atoms with E-state index in [2.05, 4.69) is 16.0 Å². The molecule has 170 valence electrons. The molecule has 0 spiro atoms. The second-order valence-corrected chi connectivity index (χ2v) is 8.17. The van der Waals surface area contributed by atoms with Gasteiger partial charge in [-0.15, -0.1) is 0 Å². The number of carbonyl (C=O) groups is 2. The monoisotopic (exact) mass is 454 g/mol. The summed E-state index contributed by atoms with van der Waals surface area (Å²) in [6, 6.07) is 15.9. The Balaban J connectivity index is 1.62. The van der Waals surface area contributed by atoms with Crippen LogP contribution in [0.2, 0.25) is 0 Å². The van der Waals surface area contributed by atoms with Crippen molar-refractivity contribution in [2.75, 3.05) is 11.9 Å². The van der Waals surface area contributed by atoms with Gasteiger partial charge in [0.2, 0.25) is 0 Å². The van der Waals surface area contributed by atoms with E-state index in [4.69, 9.17) is 15.7 Å². The van der Waals surface area contributed by atoms with Crippen molar-refractivity contribution in [2.24, 2.45) is 5.73 Å². The number of hydrogen-bond donors (Lipinski definition) is 1. The second kappa shape index (κ2) is 8.67. The first-order valence-electron chi connectivity index (χ1n) is 10.4. The van der Waals surface area contributed by atoms with Gasteiger partial charge >= 0.3 is 0 Å². The Hall–Kier alpha value is -4.71. The Labute approximate surface area is 196 Å². The van der Waals surface area contributed by atoms with E-state index in [1.165, 1.54) is 11.1 Å². The molecule has 0 unspecified atom stereocenters. The predicted molar refractivity (Wildman–Crippen MR) is 126 cm³/mol. The van der Waals surface area contributed by atoms with Crippen LogP contribution >= 0.6 is 0 Å². The van der Waals surface area contributed by atoms with Crippen LogP contribution in [0.15, 0.2) is 67.1 Å². The largest absolute Gasteiger partial charge is 0.478 e. The van der Waals surface area contributed by atoms with E-state index in [0.29, 0.717) is 22.6 Å². The highest BCUT2D eigenvalue weighted by molar-refractivity contribution is 6.04. The van der Waals surface area contributed by atoms with Crippen molar-refractivity contribution < 1.29 is 14.3 Å². The highest BCUT2D eigenvalue weighted by Crippen LogP contribution is 2.26. The van der Waals surface area contributed by atoms with E-state index < -0.39 is 11.5 Å². The number of benzene rings is 2. The van der Waals surface area contributed by atoms with Gasteiger partial charge in [-0.25, -0.2) is 9.97 Å². The Morgan fingerprint density at radius 2 is 1.74 bits per heavy atom. The summed E-state index contributed by atoms with van der Waals surface area (Å²) >= 11 is 0. The Bertz CT molecular complexity index is 1420. The summed E-state index contributed by atoms with van der Waals surface area (Å²) in [5, 5.41) is 8.97. The van der Waals surface area contributed by atoms with E-state index in [0.717, 1.165) is 11.3 Å². The predicted octanol–water partition coefficient (Wildman–Crippen LogP) is 3.19. The molecule has 2 heterocycles. The van der Waals surface area contributed by atoms with Crippen LogP contribution in [-0.2, 0) is 4.79 Å². The number of aromatic nitrogens is 3. The van der Waals surface area contributed by atoms with E-state index in [9.17, 15) is 9.59 Å². The first kappa shape index (κ1) is 22.5. The van der Waals surface area contributed by atoms with Crippen LogP contribution in [0.4, 0.5) is 5.69 Å². The lowest BCUT2D eigenvalue weighted by Gasteiger charge is -2.22. The number of carbonyl (C=O) groups excluding carboxylic acids is 2. The van der Waals surface area contributed by atoms with Crippen molar-refractivity contribution in [3.8, 4) is 23.1 Å². The molecule has 2 amide bonds. The fraction of sp³-hybridized carbons (Fsp3) is 0.160. The van der Waals surface area contributed by atoms with Gasteiger partial charge in [-0.1, -0.05) is 0 Å². The molecular formula is C25H22N6O3. The Morgan fingerprint density at radius 1 is 1.06 bits per heavy atom. The molecule has 4 aromatic rings. The molecule has 0 saturated heterocycles. The maximum atomic E-state index is 13.1. The van der Waals surface area contributed by atoms with Crippen molar-refractivity contribution in [1.82, 2.24) is 14.4 Å². The zero-order valence-electron chi connectivity index (χ0n) is 18.9. The van der Waals surface area contributed by atoms with Crippen molar-refractivity contribution in [3.63, 3.8) is 0 Å². The molecule has 0 aliphatic heterocycles. The minimum absolute atomic E-state index is 0.238. The summed E-state index contributed by atoms with van der Waals surface area (Å²) < 4.78 is 7.47. The lowest BCUT2D eigenvalue weighted by molar-refractivity contribution is -0.130. The first-order valence-corrected chi connectivity index (χ1v) is 10.4. The number of nitriles is 1. The summed E-state index contributed by atoms with van der Waals surface area (Å²) in [5.74, 6) is -0.360. The Morgan fingerprint density at radius 3 is 2.35 bits per heavy atom. The molecule has 2 N–H and O–H groups in total. The summed E-state index contributed by atoms with van der Waals surface area (Å²) in [6.07, 6.45) is 4.87. The number of ether oxygens (including phenoxy) is 1. The third kappa shape index (κ3) is 4.29. The molecule has 0 saturated carbocycles. The summed E-state index contributed by atoms with van der Waals surface area (Å²) in [5.41, 5.74) is 7.82. The third-order valence-electron chi connectivity index (χ3n) is 5.42. The average Bonchev–Trinajstić information content (AvgIpc) is 3.26. The third-order valence-corrected chi connectivity index (χ3v) is 5.42. The number of anilines is 1. The van der Waals surface area contributed by atoms with Crippen LogP contribution in [0, 0.1) is 11.3 Å². The van der Waals surface area contributed by atoms with Gasteiger partial charge in [0, 0.05) is 24.5 Å². The molecule has 0 bridgehead atoms. The standard InChI is InChI=1S/C25H22N6O3/c1-25(2,24(27)33)34-19-10-6-17(7-11-19)21-13-29-22-14-28-20(15-31(21)22)23(32)30(3)18-8-4-16(12-26)5-9-18/h4-11,13-15H,1-3H3,(H2,27,33). The van der Waals surface area contributed by atoms with Crippen molar-refractivity contribution in [1.29, 1.82) is 5.26 Å². The van der Waals surface area contributed by atoms with Gasteiger partial charge in [-0.3, -0.25) is 14.0 Å². The molecule has 0 atom stereocenters. The lowest BCUT2D eigenvalue weighted by Crippen LogP contribution is -2.43. The summed E-state index contributed by atoms with van der Waals surface area (Å²) in [7, 11) is 1.65. The van der Waals surface area contributed by atoms with Crippen LogP contribution in [0.25, 0.3) is 16.9 Å². The number of nitrogens with zero attached hydrogens (tertiary/aromatic N) is 5. The van der Waals surface area contributed by atoms with Gasteiger partial charge in [0.05, 0.1) is 29.7 Å². The molecule has 4 rings (SSSR count). The van der Waals surface area contributed by atoms with Gasteiger partial charge in [0.25, 0.3) is 11.8 Å². The van der Waals surface area contributed by atoms with Gasteiger partial charge in [0.15, 0.2) is 11.2 Å². The van der Waals surface area contributed by atoms with Crippen molar-refractivity contribution in [3.05, 3.63) is 78.4 Å². The van der Waals surface area contributed by atoms with Crippen LogP contribution < -0.4 is 15.4 Å². The molecule has 0 fully saturated rings. The van der Waals surface area contributed by atoms with E-state index >= 15 is 0 Å². The number of amides is 2. The Kier molecular flexibility index (Phi) is 5.73. The van der Waals surface area contributed by atoms with Crippen molar-refractivity contribution >= 4 is 23.1 Å². The molecule has 9 heteroatoms. The first-order chi connectivity index (χ1) is 16.2. The SMILES string of the molecule is CN(C(=O)c1cn2c(-c3ccc(OC(C)(C)C(N)=O)cc3)cnc2cn1)c1ccc(C#N)cc1. The van der Waals surface area contributed by atoms with Gasteiger partial charge in [0.1, 0.15) is 11.4 Å². The minimum Gasteiger partial charge on any atom is -0.478 e. The molecule has 2 aromatic carbocycles. The number of nitrogens with two attached hydrogens (primary N) is 1. The highest BCUT2D eigenvalue weighted by atomic mass is 16.5. The van der Waals surface area contributed by atoms with Crippen LogP contribution in [0.1, 0.15) is 29.9 Å². The van der Waals surface area contributed by atoms with Crippen LogP contribution in [0.3, 0.4) is 0 Å². The number of primary amides is 1. The fourth-order valence-corrected chi connectivity index (χ4v) is 3.30. The molecule has 34 heavy (non-hydrogen) atoms. The average molecular weight is 454 g/mol. The molecule has 0 radical (unpaired) electrons. The molecule has 0 aliphatic rings. The van der Waals surface area contributed by atoms with Crippen molar-refractivity contribution in [2.45, 2.75) is 19.4 Å². The van der Waals surface area contributed by atoms with Crippen LogP contribution in [0.5, 0.6) is 5.75 Å². The number of fused-ring (bicyclic) bond motifs is 1. The van der Waals surface area contributed by atoms with Gasteiger partial charge < -0.3 is 15.4 Å². The molecule has 9 nitrogen and oxygen atoms in total. The maximum Gasteiger partial charge on any atom is 0.278 e. The number of imidazole rings is 1. The maximum absolute atomic E-state index is 13.1. The molecular weight excluding hydrogens is 432 g/mol. The van der Waals surface area contributed by atoms with E-state index in [1.54, 1.807) is 74.1 Å². The smallest absolute Gasteiger partial charge is 0.278 e. The van der Waals surface area contributed by atoms with E-state index in [-0.39, 0.29) is 11.6 Å². The zero-order valence-corrected chi connectivity index (χ0v) is 18.9. The minimum atomic E-state index is -1.13. The lowest BCUT2D eigenvalue weighted by atomic mass is 10.1. The fourth-order valence-electron chi connectivity index (χ4n) is 3.30. The quantitative estimate of drug-likeness (QED) is 0.477. The van der Waals surface area contributed by atoms with Gasteiger partial charge in [-0.2, -0.15) is 5.26 Å². The number of rotatable bonds is 6. The highest BCUT2D eigenvalue weighted by Gasteiger charge is 2.27. The van der Waals surface area contributed by atoms with E-state index in [1.807, 2.05) is 12.1 Å². The van der Waals surface area contributed by atoms with Crippen LogP contribution in [-0.4, -0.2) is 38.8 Å². The molecule has 0 aliphatic carbocycles. The molecule has 2 aromatic heterocycles. The zero-order chi connectivity index (χ0) is 24.5. The summed E-state index contributed by atoms with van der Waals surface area (Å²) in [6.45, 7) is 3.21. The summed E-state index contributed by atoms with van der Waals surface area (Å²) in [4.78, 5) is 34.7. The topological polar surface area (TPSA) is 127 Å². The number of hydrogen-bond acceptors (Lipinski definition) is 6. The second-order valence-electron chi connectivity index (χ2n) is 8.17. The normalized spacial score (nSPS) is 11.1. The van der Waals surface area contributed by atoms with Gasteiger partial charge in [-0.05, 0) is 62.4 Å².